The van der Waals surface area contributed by atoms with Crippen molar-refractivity contribution in [2.24, 2.45) is 17.8 Å². The van der Waals surface area contributed by atoms with Gasteiger partial charge >= 0.3 is 24.1 Å². The number of carbonyl (C=O) groups is 4. The number of carboxylic acid groups (broad SMARTS) is 2. The number of aliphatic carboxylic acids is 2. The van der Waals surface area contributed by atoms with Gasteiger partial charge in [0, 0.05) is 23.8 Å². The Hall–Kier alpha value is -3.82. The van der Waals surface area contributed by atoms with Crippen LogP contribution in [0.15, 0.2) is 42.5 Å². The Morgan fingerprint density at radius 3 is 2.21 bits per heavy atom. The summed E-state index contributed by atoms with van der Waals surface area (Å²) in [5.74, 6) is -5.06. The zero-order valence-electron chi connectivity index (χ0n) is 22.4. The Bertz CT molecular complexity index is 1200. The van der Waals surface area contributed by atoms with Crippen molar-refractivity contribution in [3.8, 4) is 0 Å². The summed E-state index contributed by atoms with van der Waals surface area (Å²) in [5, 5.41) is 29.3. The third-order valence-electron chi connectivity index (χ3n) is 6.90. The molecule has 0 saturated heterocycles. The van der Waals surface area contributed by atoms with Gasteiger partial charge in [0.25, 0.3) is 0 Å². The van der Waals surface area contributed by atoms with Crippen LogP contribution < -0.4 is 16.0 Å². The second kappa shape index (κ2) is 11.3. The Balaban J connectivity index is 0.000000934. The molecule has 0 heterocycles. The number of amides is 3. The summed E-state index contributed by atoms with van der Waals surface area (Å²) in [5.41, 5.74) is -2.17. The number of alkyl carbamates (subject to hydrolysis) is 1. The quantitative estimate of drug-likeness (QED) is 0.360. The molecule has 4 rings (SSSR count). The van der Waals surface area contributed by atoms with Gasteiger partial charge in [0.05, 0.1) is 11.6 Å². The highest BCUT2D eigenvalue weighted by Gasteiger charge is 2.76. The fourth-order valence-electron chi connectivity index (χ4n) is 5.12. The van der Waals surface area contributed by atoms with E-state index in [1.807, 2.05) is 30.3 Å². The normalized spacial score (nSPS) is 25.3. The summed E-state index contributed by atoms with van der Waals surface area (Å²) in [4.78, 5) is 49.3. The number of nitrogens with one attached hydrogen (secondary N) is 3. The van der Waals surface area contributed by atoms with Crippen LogP contribution in [-0.4, -0.2) is 51.5 Å². The number of ether oxygens (including phenoxy) is 1. The summed E-state index contributed by atoms with van der Waals surface area (Å²) in [6.45, 7) is 9.27. The van der Waals surface area contributed by atoms with Crippen LogP contribution in [-0.2, 0) is 14.3 Å². The van der Waals surface area contributed by atoms with Crippen LogP contribution in [0.25, 0.3) is 10.8 Å². The molecule has 5 unspecified atom stereocenters. The molecule has 0 aliphatic heterocycles. The SMILES string of the molecule is CC(C)(C)OC(=O)NC1(C(=O)O)CC(NC(=O)Nc2cccc3ccccc23)C2C(C(=O)O)C21.CCCC. The van der Waals surface area contributed by atoms with Gasteiger partial charge in [-0.3, -0.25) is 4.79 Å². The molecule has 0 radical (unpaired) electrons. The molecule has 5 N–H and O–H groups in total. The van der Waals surface area contributed by atoms with Crippen molar-refractivity contribution in [2.45, 2.75) is 71.1 Å². The number of hydrogen-bond donors (Lipinski definition) is 5. The molecule has 2 fully saturated rings. The molecule has 2 aromatic rings. The van der Waals surface area contributed by atoms with Crippen molar-refractivity contribution >= 4 is 40.5 Å². The van der Waals surface area contributed by atoms with Crippen molar-refractivity contribution in [3.63, 3.8) is 0 Å². The largest absolute Gasteiger partial charge is 0.481 e. The van der Waals surface area contributed by atoms with E-state index < -0.39 is 59.0 Å². The van der Waals surface area contributed by atoms with Crippen LogP contribution >= 0.6 is 0 Å². The minimum atomic E-state index is -1.87. The van der Waals surface area contributed by atoms with E-state index in [1.165, 1.54) is 12.8 Å². The third-order valence-corrected chi connectivity index (χ3v) is 6.90. The van der Waals surface area contributed by atoms with Crippen molar-refractivity contribution in [1.82, 2.24) is 10.6 Å². The van der Waals surface area contributed by atoms with Gasteiger partial charge in [-0.05, 0) is 38.1 Å². The zero-order chi connectivity index (χ0) is 28.3. The summed E-state index contributed by atoms with van der Waals surface area (Å²) < 4.78 is 5.21. The lowest BCUT2D eigenvalue weighted by molar-refractivity contribution is -0.147. The average Bonchev–Trinajstić information content (AvgIpc) is 3.52. The molecule has 10 nitrogen and oxygen atoms in total. The Morgan fingerprint density at radius 2 is 1.63 bits per heavy atom. The van der Waals surface area contributed by atoms with E-state index in [4.69, 9.17) is 4.74 Å². The molecule has 206 valence electrons. The number of carboxylic acids is 2. The summed E-state index contributed by atoms with van der Waals surface area (Å²) >= 11 is 0. The monoisotopic (exact) mass is 527 g/mol. The van der Waals surface area contributed by atoms with Gasteiger partial charge in [0.1, 0.15) is 11.1 Å². The first kappa shape index (κ1) is 28.7. The fraction of sp³-hybridized carbons (Fsp3) is 0.500. The van der Waals surface area contributed by atoms with Crippen molar-refractivity contribution in [2.75, 3.05) is 5.32 Å². The van der Waals surface area contributed by atoms with Crippen molar-refractivity contribution in [3.05, 3.63) is 42.5 Å². The van der Waals surface area contributed by atoms with Gasteiger partial charge in [-0.2, -0.15) is 0 Å². The number of hydrogen-bond acceptors (Lipinski definition) is 5. The van der Waals surface area contributed by atoms with Crippen LogP contribution in [0.1, 0.15) is 53.9 Å². The van der Waals surface area contributed by atoms with Crippen LogP contribution in [0.3, 0.4) is 0 Å². The maximum atomic E-state index is 12.8. The first-order valence-corrected chi connectivity index (χ1v) is 12.9. The van der Waals surface area contributed by atoms with E-state index in [-0.39, 0.29) is 6.42 Å². The van der Waals surface area contributed by atoms with Gasteiger partial charge in [0.15, 0.2) is 0 Å². The lowest BCUT2D eigenvalue weighted by Gasteiger charge is -2.31. The van der Waals surface area contributed by atoms with Crippen molar-refractivity contribution in [1.29, 1.82) is 0 Å². The molecule has 38 heavy (non-hydrogen) atoms. The molecule has 2 aromatic carbocycles. The highest BCUT2D eigenvalue weighted by atomic mass is 16.6. The number of fused-ring (bicyclic) bond motifs is 2. The van der Waals surface area contributed by atoms with E-state index in [9.17, 15) is 29.4 Å². The topological polar surface area (TPSA) is 154 Å². The molecule has 2 aliphatic carbocycles. The van der Waals surface area contributed by atoms with Gasteiger partial charge in [0.2, 0.25) is 0 Å². The Morgan fingerprint density at radius 1 is 1.00 bits per heavy atom. The second-order valence-corrected chi connectivity index (χ2v) is 10.8. The highest BCUT2D eigenvalue weighted by Crippen LogP contribution is 2.62. The van der Waals surface area contributed by atoms with Crippen molar-refractivity contribution < 1.29 is 34.1 Å². The first-order valence-electron chi connectivity index (χ1n) is 12.9. The van der Waals surface area contributed by atoms with E-state index in [1.54, 1.807) is 32.9 Å². The lowest BCUT2D eigenvalue weighted by atomic mass is 9.89. The molecular weight excluding hydrogens is 490 g/mol. The van der Waals surface area contributed by atoms with Gasteiger partial charge < -0.3 is 30.9 Å². The van der Waals surface area contributed by atoms with E-state index >= 15 is 0 Å². The molecule has 2 aliphatic rings. The predicted octanol–water partition coefficient (Wildman–Crippen LogP) is 4.83. The standard InChI is InChI=1S/C24H27N3O7.C4H10/c1-23(2,3)34-22(33)27-24(20(30)31)11-15(16-17(18(16)24)19(28)29)26-21(32)25-14-10-6-8-12-7-4-5-9-13(12)14;1-3-4-2/h4-10,15-18H,11H2,1-3H3,(H,27,33)(H,28,29)(H,30,31)(H2,25,26,32);3-4H2,1-2H3. The number of urea groups is 1. The molecule has 2 saturated carbocycles. The molecule has 10 heteroatoms. The minimum Gasteiger partial charge on any atom is -0.481 e. The average molecular weight is 528 g/mol. The maximum Gasteiger partial charge on any atom is 0.408 e. The van der Waals surface area contributed by atoms with Crippen LogP contribution in [0.4, 0.5) is 15.3 Å². The smallest absolute Gasteiger partial charge is 0.408 e. The maximum absolute atomic E-state index is 12.8. The first-order chi connectivity index (χ1) is 17.8. The molecule has 0 aromatic heterocycles. The lowest BCUT2D eigenvalue weighted by Crippen LogP contribution is -2.58. The molecule has 0 spiro atoms. The second-order valence-electron chi connectivity index (χ2n) is 10.8. The summed E-state index contributed by atoms with van der Waals surface area (Å²) in [7, 11) is 0. The van der Waals surface area contributed by atoms with E-state index in [0.717, 1.165) is 10.8 Å². The predicted molar refractivity (Wildman–Crippen MR) is 143 cm³/mol. The number of carbonyl (C=O) groups excluding carboxylic acids is 2. The number of unbranched alkanes of at least 4 members (excludes halogenated alkanes) is 1. The molecular formula is C28H37N3O7. The molecule has 3 amide bonds. The zero-order valence-corrected chi connectivity index (χ0v) is 22.4. The Labute approximate surface area is 222 Å². The summed E-state index contributed by atoms with van der Waals surface area (Å²) in [6, 6.07) is 11.6. The number of benzene rings is 2. The van der Waals surface area contributed by atoms with Gasteiger partial charge in [-0.1, -0.05) is 63.1 Å². The molecule has 0 bridgehead atoms. The van der Waals surface area contributed by atoms with Gasteiger partial charge in [-0.25, -0.2) is 14.4 Å². The highest BCUT2D eigenvalue weighted by molar-refractivity contribution is 6.01. The van der Waals surface area contributed by atoms with Crippen LogP contribution in [0.2, 0.25) is 0 Å². The Kier molecular flexibility index (Phi) is 8.54. The van der Waals surface area contributed by atoms with E-state index in [0.29, 0.717) is 5.69 Å². The van der Waals surface area contributed by atoms with Gasteiger partial charge in [-0.15, -0.1) is 0 Å². The molecule has 5 atom stereocenters. The summed E-state index contributed by atoms with van der Waals surface area (Å²) in [6.07, 6.45) is 1.52. The number of anilines is 1. The third kappa shape index (κ3) is 6.17. The minimum absolute atomic E-state index is 0.163. The fourth-order valence-corrected chi connectivity index (χ4v) is 5.12. The van der Waals surface area contributed by atoms with E-state index in [2.05, 4.69) is 29.8 Å². The van der Waals surface area contributed by atoms with Crippen LogP contribution in [0, 0.1) is 17.8 Å². The number of rotatable bonds is 6. The van der Waals surface area contributed by atoms with Crippen LogP contribution in [0.5, 0.6) is 0 Å².